The minimum absolute atomic E-state index is 0.191. The number of nitrogens with one attached hydrogen (secondary N) is 1. The second-order valence-corrected chi connectivity index (χ2v) is 5.69. The van der Waals surface area contributed by atoms with Gasteiger partial charge in [0.15, 0.2) is 11.6 Å². The van der Waals surface area contributed by atoms with Crippen LogP contribution in [0.1, 0.15) is 55.8 Å². The molecule has 7 nitrogen and oxygen atoms in total. The van der Waals surface area contributed by atoms with Gasteiger partial charge in [0.05, 0.1) is 12.5 Å². The summed E-state index contributed by atoms with van der Waals surface area (Å²) in [5, 5.41) is 11.0. The van der Waals surface area contributed by atoms with E-state index >= 15 is 0 Å². The fraction of sp³-hybridized carbons (Fsp3) is 0.375. The highest BCUT2D eigenvalue weighted by atomic mass is 16.5. The van der Waals surface area contributed by atoms with Crippen molar-refractivity contribution >= 4 is 6.01 Å². The molecule has 0 aliphatic rings. The standard InChI is InChI=1S/C16H19N5O2/c1-10(2)14-19-16(23-20-14)17-11(3)15-18-13(22-21-15)9-12-7-5-4-6-8-12/h4-8,10-11H,9H2,1-3H3,(H,17,19,20)/t11-/m1/s1. The normalized spacial score (nSPS) is 12.5. The van der Waals surface area contributed by atoms with Gasteiger partial charge in [0, 0.05) is 5.92 Å². The molecule has 120 valence electrons. The van der Waals surface area contributed by atoms with Gasteiger partial charge < -0.3 is 14.4 Å². The van der Waals surface area contributed by atoms with E-state index in [0.717, 1.165) is 5.56 Å². The molecule has 0 aliphatic carbocycles. The first-order chi connectivity index (χ1) is 11.1. The average Bonchev–Trinajstić information content (AvgIpc) is 3.18. The van der Waals surface area contributed by atoms with Crippen molar-refractivity contribution in [2.24, 2.45) is 0 Å². The fourth-order valence-corrected chi connectivity index (χ4v) is 2.06. The molecule has 0 radical (unpaired) electrons. The van der Waals surface area contributed by atoms with Crippen LogP contribution in [0.15, 0.2) is 39.4 Å². The van der Waals surface area contributed by atoms with Crippen molar-refractivity contribution in [2.45, 2.75) is 39.2 Å². The summed E-state index contributed by atoms with van der Waals surface area (Å²) in [5.41, 5.74) is 1.13. The largest absolute Gasteiger partial charge is 0.339 e. The van der Waals surface area contributed by atoms with Gasteiger partial charge >= 0.3 is 6.01 Å². The quantitative estimate of drug-likeness (QED) is 0.746. The summed E-state index contributed by atoms with van der Waals surface area (Å²) in [6, 6.07) is 10.2. The number of anilines is 1. The predicted octanol–water partition coefficient (Wildman–Crippen LogP) is 3.34. The number of rotatable bonds is 6. The van der Waals surface area contributed by atoms with Crippen LogP contribution in [0, 0.1) is 0 Å². The molecule has 1 N–H and O–H groups in total. The van der Waals surface area contributed by atoms with Gasteiger partial charge in [-0.05, 0) is 12.5 Å². The van der Waals surface area contributed by atoms with Gasteiger partial charge in [-0.15, -0.1) is 0 Å². The van der Waals surface area contributed by atoms with Gasteiger partial charge in [-0.3, -0.25) is 0 Å². The second-order valence-electron chi connectivity index (χ2n) is 5.69. The van der Waals surface area contributed by atoms with E-state index in [1.54, 1.807) is 0 Å². The van der Waals surface area contributed by atoms with E-state index in [1.807, 2.05) is 51.1 Å². The van der Waals surface area contributed by atoms with Crippen LogP contribution in [-0.2, 0) is 6.42 Å². The highest BCUT2D eigenvalue weighted by Gasteiger charge is 2.17. The highest BCUT2D eigenvalue weighted by molar-refractivity contribution is 5.23. The van der Waals surface area contributed by atoms with Crippen molar-refractivity contribution in [3.05, 3.63) is 53.4 Å². The molecule has 23 heavy (non-hydrogen) atoms. The Hall–Kier alpha value is -2.70. The first-order valence-electron chi connectivity index (χ1n) is 7.58. The Balaban J connectivity index is 1.64. The molecule has 7 heteroatoms. The summed E-state index contributed by atoms with van der Waals surface area (Å²) >= 11 is 0. The lowest BCUT2D eigenvalue weighted by molar-refractivity contribution is 0.376. The molecule has 0 saturated heterocycles. The molecule has 1 aromatic carbocycles. The lowest BCUT2D eigenvalue weighted by atomic mass is 10.1. The maximum atomic E-state index is 5.30. The molecular weight excluding hydrogens is 294 g/mol. The summed E-state index contributed by atoms with van der Waals surface area (Å²) in [5.74, 6) is 2.01. The third-order valence-corrected chi connectivity index (χ3v) is 3.37. The first kappa shape index (κ1) is 15.2. The molecular formula is C16H19N5O2. The van der Waals surface area contributed by atoms with Crippen molar-refractivity contribution in [1.29, 1.82) is 0 Å². The molecule has 0 saturated carbocycles. The molecule has 2 aromatic heterocycles. The van der Waals surface area contributed by atoms with Crippen LogP contribution in [0.3, 0.4) is 0 Å². The number of hydrogen-bond donors (Lipinski definition) is 1. The van der Waals surface area contributed by atoms with Gasteiger partial charge in [0.2, 0.25) is 5.89 Å². The maximum Gasteiger partial charge on any atom is 0.322 e. The highest BCUT2D eigenvalue weighted by Crippen LogP contribution is 2.18. The fourth-order valence-electron chi connectivity index (χ4n) is 2.06. The second kappa shape index (κ2) is 6.60. The van der Waals surface area contributed by atoms with Crippen LogP contribution in [0.25, 0.3) is 0 Å². The van der Waals surface area contributed by atoms with Crippen LogP contribution in [0.2, 0.25) is 0 Å². The Morgan fingerprint density at radius 3 is 2.39 bits per heavy atom. The molecule has 0 spiro atoms. The van der Waals surface area contributed by atoms with Crippen molar-refractivity contribution in [3.63, 3.8) is 0 Å². The lowest BCUT2D eigenvalue weighted by Gasteiger charge is -2.05. The third-order valence-electron chi connectivity index (χ3n) is 3.37. The van der Waals surface area contributed by atoms with Crippen molar-refractivity contribution in [1.82, 2.24) is 20.3 Å². The maximum absolute atomic E-state index is 5.30. The Bertz CT molecular complexity index is 751. The molecule has 0 bridgehead atoms. The molecule has 0 aliphatic heterocycles. The van der Waals surface area contributed by atoms with E-state index in [4.69, 9.17) is 9.05 Å². The van der Waals surface area contributed by atoms with Crippen molar-refractivity contribution < 1.29 is 9.05 Å². The van der Waals surface area contributed by atoms with E-state index in [0.29, 0.717) is 30.0 Å². The summed E-state index contributed by atoms with van der Waals surface area (Å²) in [6.45, 7) is 5.93. The predicted molar refractivity (Wildman–Crippen MR) is 84.0 cm³/mol. The van der Waals surface area contributed by atoms with Gasteiger partial charge in [0.1, 0.15) is 0 Å². The Morgan fingerprint density at radius 1 is 0.957 bits per heavy atom. The minimum Gasteiger partial charge on any atom is -0.339 e. The molecule has 1 atom stereocenters. The van der Waals surface area contributed by atoms with E-state index in [-0.39, 0.29) is 12.0 Å². The molecule has 3 rings (SSSR count). The van der Waals surface area contributed by atoms with Crippen molar-refractivity contribution in [2.75, 3.05) is 5.32 Å². The zero-order chi connectivity index (χ0) is 16.2. The number of aromatic nitrogens is 4. The Morgan fingerprint density at radius 2 is 1.70 bits per heavy atom. The summed E-state index contributed by atoms with van der Waals surface area (Å²) in [4.78, 5) is 8.69. The molecule has 2 heterocycles. The van der Waals surface area contributed by atoms with Crippen LogP contribution in [0.4, 0.5) is 6.01 Å². The van der Waals surface area contributed by atoms with Crippen LogP contribution < -0.4 is 5.32 Å². The molecule has 0 fully saturated rings. The SMILES string of the molecule is CC(C)c1noc(N[C@H](C)c2noc(Cc3ccccc3)n2)n1. The first-order valence-corrected chi connectivity index (χ1v) is 7.58. The summed E-state index contributed by atoms with van der Waals surface area (Å²) in [7, 11) is 0. The zero-order valence-electron chi connectivity index (χ0n) is 13.4. The Labute approximate surface area is 134 Å². The van der Waals surface area contributed by atoms with Gasteiger partial charge in [-0.25, -0.2) is 0 Å². The van der Waals surface area contributed by atoms with Gasteiger partial charge in [-0.2, -0.15) is 9.97 Å². The Kier molecular flexibility index (Phi) is 4.36. The van der Waals surface area contributed by atoms with E-state index in [2.05, 4.69) is 25.6 Å². The number of benzene rings is 1. The van der Waals surface area contributed by atoms with Gasteiger partial charge in [-0.1, -0.05) is 54.5 Å². The lowest BCUT2D eigenvalue weighted by Crippen LogP contribution is -2.09. The minimum atomic E-state index is -0.191. The van der Waals surface area contributed by atoms with Crippen molar-refractivity contribution in [3.8, 4) is 0 Å². The third kappa shape index (κ3) is 3.74. The molecule has 0 unspecified atom stereocenters. The summed E-state index contributed by atoms with van der Waals surface area (Å²) in [6.07, 6.45) is 0.610. The number of nitrogens with zero attached hydrogens (tertiary/aromatic N) is 4. The van der Waals surface area contributed by atoms with Gasteiger partial charge in [0.25, 0.3) is 0 Å². The molecule has 0 amide bonds. The monoisotopic (exact) mass is 313 g/mol. The van der Waals surface area contributed by atoms with E-state index < -0.39 is 0 Å². The van der Waals surface area contributed by atoms with Crippen LogP contribution >= 0.6 is 0 Å². The average molecular weight is 313 g/mol. The number of hydrogen-bond acceptors (Lipinski definition) is 7. The van der Waals surface area contributed by atoms with E-state index in [9.17, 15) is 0 Å². The topological polar surface area (TPSA) is 89.9 Å². The smallest absolute Gasteiger partial charge is 0.322 e. The molecule has 3 aromatic rings. The van der Waals surface area contributed by atoms with E-state index in [1.165, 1.54) is 0 Å². The zero-order valence-corrected chi connectivity index (χ0v) is 13.4. The summed E-state index contributed by atoms with van der Waals surface area (Å²) < 4.78 is 10.5. The van der Waals surface area contributed by atoms with Crippen LogP contribution in [-0.4, -0.2) is 20.3 Å². The van der Waals surface area contributed by atoms with Crippen LogP contribution in [0.5, 0.6) is 0 Å².